The molecule has 2 aromatic carbocycles. The van der Waals surface area contributed by atoms with Gasteiger partial charge in [0.2, 0.25) is 0 Å². The summed E-state index contributed by atoms with van der Waals surface area (Å²) in [6.07, 6.45) is 1.56. The van der Waals surface area contributed by atoms with Gasteiger partial charge in [-0.25, -0.2) is 4.79 Å². The molecule has 2 N–H and O–H groups in total. The third-order valence-corrected chi connectivity index (χ3v) is 4.77. The van der Waals surface area contributed by atoms with E-state index in [1.54, 1.807) is 24.1 Å². The largest absolute Gasteiger partial charge is 0.504 e. The third-order valence-electron chi connectivity index (χ3n) is 4.77. The SMILES string of the molecule is COc1ccc(CC[C@H](C)NCc2ccc(N3CCOC3=O)cc2)cc1O. The van der Waals surface area contributed by atoms with E-state index in [1.165, 1.54) is 5.56 Å². The molecule has 0 aliphatic carbocycles. The molecule has 0 radical (unpaired) electrons. The minimum Gasteiger partial charge on any atom is -0.504 e. The van der Waals surface area contributed by atoms with Crippen LogP contribution < -0.4 is 15.0 Å². The summed E-state index contributed by atoms with van der Waals surface area (Å²) in [6, 6.07) is 13.8. The van der Waals surface area contributed by atoms with Crippen molar-refractivity contribution >= 4 is 11.8 Å². The number of carbonyl (C=O) groups is 1. The Labute approximate surface area is 159 Å². The maximum Gasteiger partial charge on any atom is 0.414 e. The van der Waals surface area contributed by atoms with E-state index in [0.717, 1.165) is 30.6 Å². The average molecular weight is 370 g/mol. The maximum absolute atomic E-state index is 11.6. The van der Waals surface area contributed by atoms with Crippen molar-refractivity contribution in [1.29, 1.82) is 0 Å². The number of amides is 1. The highest BCUT2D eigenvalue weighted by molar-refractivity contribution is 5.89. The molecule has 1 atom stereocenters. The summed E-state index contributed by atoms with van der Waals surface area (Å²) in [5, 5.41) is 13.4. The second-order valence-electron chi connectivity index (χ2n) is 6.76. The fourth-order valence-corrected chi connectivity index (χ4v) is 3.09. The van der Waals surface area contributed by atoms with E-state index >= 15 is 0 Å². The van der Waals surface area contributed by atoms with Gasteiger partial charge in [0.05, 0.1) is 13.7 Å². The van der Waals surface area contributed by atoms with Crippen LogP contribution in [0, 0.1) is 0 Å². The zero-order valence-electron chi connectivity index (χ0n) is 15.8. The summed E-state index contributed by atoms with van der Waals surface area (Å²) in [6.45, 7) is 3.97. The van der Waals surface area contributed by atoms with Crippen molar-refractivity contribution in [2.45, 2.75) is 32.4 Å². The van der Waals surface area contributed by atoms with Crippen LogP contribution >= 0.6 is 0 Å². The number of aryl methyl sites for hydroxylation is 1. The van der Waals surface area contributed by atoms with Crippen molar-refractivity contribution in [3.8, 4) is 11.5 Å². The average Bonchev–Trinajstić information content (AvgIpc) is 3.11. The van der Waals surface area contributed by atoms with Crippen molar-refractivity contribution in [2.24, 2.45) is 0 Å². The van der Waals surface area contributed by atoms with E-state index in [4.69, 9.17) is 9.47 Å². The molecule has 2 aromatic rings. The van der Waals surface area contributed by atoms with Gasteiger partial charge in [0.1, 0.15) is 6.61 Å². The summed E-state index contributed by atoms with van der Waals surface area (Å²) in [5.41, 5.74) is 3.12. The van der Waals surface area contributed by atoms with Gasteiger partial charge in [-0.15, -0.1) is 0 Å². The lowest BCUT2D eigenvalue weighted by Crippen LogP contribution is -2.26. The normalized spacial score (nSPS) is 14.9. The van der Waals surface area contributed by atoms with E-state index in [9.17, 15) is 9.90 Å². The number of benzene rings is 2. The predicted molar refractivity (Wildman–Crippen MR) is 104 cm³/mol. The lowest BCUT2D eigenvalue weighted by molar-refractivity contribution is 0.181. The van der Waals surface area contributed by atoms with Crippen molar-refractivity contribution in [3.63, 3.8) is 0 Å². The van der Waals surface area contributed by atoms with Gasteiger partial charge in [-0.05, 0) is 55.2 Å². The number of methoxy groups -OCH3 is 1. The summed E-state index contributed by atoms with van der Waals surface area (Å²) < 4.78 is 10.0. The van der Waals surface area contributed by atoms with Gasteiger partial charge < -0.3 is 19.9 Å². The Morgan fingerprint density at radius 1 is 1.22 bits per heavy atom. The van der Waals surface area contributed by atoms with E-state index in [0.29, 0.717) is 24.9 Å². The van der Waals surface area contributed by atoms with Crippen molar-refractivity contribution in [2.75, 3.05) is 25.2 Å². The molecule has 3 rings (SSSR count). The zero-order valence-corrected chi connectivity index (χ0v) is 15.8. The molecule has 0 spiro atoms. The molecular formula is C21H26N2O4. The Morgan fingerprint density at radius 3 is 2.59 bits per heavy atom. The van der Waals surface area contributed by atoms with Crippen LogP contribution in [0.5, 0.6) is 11.5 Å². The number of carbonyl (C=O) groups excluding carboxylic acids is 1. The van der Waals surface area contributed by atoms with Gasteiger partial charge in [0.25, 0.3) is 0 Å². The predicted octanol–water partition coefficient (Wildman–Crippen LogP) is 3.47. The number of rotatable bonds is 8. The quantitative estimate of drug-likeness (QED) is 0.745. The number of aromatic hydroxyl groups is 1. The number of phenolic OH excluding ortho intramolecular Hbond substituents is 1. The number of hydrogen-bond donors (Lipinski definition) is 2. The third kappa shape index (κ3) is 4.92. The molecule has 6 heteroatoms. The lowest BCUT2D eigenvalue weighted by atomic mass is 10.1. The Morgan fingerprint density at radius 2 is 1.96 bits per heavy atom. The number of ether oxygens (including phenoxy) is 2. The number of anilines is 1. The number of phenols is 1. The molecule has 27 heavy (non-hydrogen) atoms. The second-order valence-corrected chi connectivity index (χ2v) is 6.76. The molecule has 1 amide bonds. The molecule has 0 unspecified atom stereocenters. The van der Waals surface area contributed by atoms with E-state index in [1.807, 2.05) is 30.3 Å². The summed E-state index contributed by atoms with van der Waals surface area (Å²) in [7, 11) is 1.55. The first kappa shape index (κ1) is 19.0. The van der Waals surface area contributed by atoms with Gasteiger partial charge in [-0.3, -0.25) is 4.90 Å². The Bertz CT molecular complexity index is 776. The molecule has 1 saturated heterocycles. The summed E-state index contributed by atoms with van der Waals surface area (Å²) in [5.74, 6) is 0.674. The van der Waals surface area contributed by atoms with Gasteiger partial charge in [0.15, 0.2) is 11.5 Å². The molecule has 0 bridgehead atoms. The molecule has 1 aliphatic rings. The van der Waals surface area contributed by atoms with Crippen LogP contribution in [-0.4, -0.2) is 37.5 Å². The summed E-state index contributed by atoms with van der Waals surface area (Å²) in [4.78, 5) is 13.2. The zero-order chi connectivity index (χ0) is 19.2. The molecule has 144 valence electrons. The minimum atomic E-state index is -0.279. The van der Waals surface area contributed by atoms with Crippen LogP contribution in [0.25, 0.3) is 0 Å². The monoisotopic (exact) mass is 370 g/mol. The first-order chi connectivity index (χ1) is 13.1. The highest BCUT2D eigenvalue weighted by Gasteiger charge is 2.23. The van der Waals surface area contributed by atoms with Crippen LogP contribution in [-0.2, 0) is 17.7 Å². The smallest absolute Gasteiger partial charge is 0.414 e. The molecule has 1 aliphatic heterocycles. The number of cyclic esters (lactones) is 1. The highest BCUT2D eigenvalue weighted by Crippen LogP contribution is 2.26. The molecule has 1 heterocycles. The first-order valence-corrected chi connectivity index (χ1v) is 9.19. The van der Waals surface area contributed by atoms with Crippen LogP contribution in [0.3, 0.4) is 0 Å². The van der Waals surface area contributed by atoms with Gasteiger partial charge in [0, 0.05) is 18.3 Å². The van der Waals surface area contributed by atoms with Crippen LogP contribution in [0.4, 0.5) is 10.5 Å². The van der Waals surface area contributed by atoms with Gasteiger partial charge in [-0.2, -0.15) is 0 Å². The topological polar surface area (TPSA) is 71.0 Å². The van der Waals surface area contributed by atoms with Gasteiger partial charge >= 0.3 is 6.09 Å². The lowest BCUT2D eigenvalue weighted by Gasteiger charge is -2.16. The molecular weight excluding hydrogens is 344 g/mol. The number of nitrogens with zero attached hydrogens (tertiary/aromatic N) is 1. The Kier molecular flexibility index (Phi) is 6.19. The van der Waals surface area contributed by atoms with Crippen molar-refractivity contribution in [3.05, 3.63) is 53.6 Å². The summed E-state index contributed by atoms with van der Waals surface area (Å²) >= 11 is 0. The highest BCUT2D eigenvalue weighted by atomic mass is 16.6. The van der Waals surface area contributed by atoms with Gasteiger partial charge in [-0.1, -0.05) is 18.2 Å². The molecule has 0 saturated carbocycles. The van der Waals surface area contributed by atoms with Crippen molar-refractivity contribution in [1.82, 2.24) is 5.32 Å². The Balaban J connectivity index is 1.45. The van der Waals surface area contributed by atoms with E-state index in [2.05, 4.69) is 12.2 Å². The number of hydrogen-bond acceptors (Lipinski definition) is 5. The minimum absolute atomic E-state index is 0.178. The fraction of sp³-hybridized carbons (Fsp3) is 0.381. The fourth-order valence-electron chi connectivity index (χ4n) is 3.09. The van der Waals surface area contributed by atoms with E-state index < -0.39 is 0 Å². The Hall–Kier alpha value is -2.73. The van der Waals surface area contributed by atoms with E-state index in [-0.39, 0.29) is 11.8 Å². The maximum atomic E-state index is 11.6. The number of nitrogens with one attached hydrogen (secondary N) is 1. The van der Waals surface area contributed by atoms with Crippen LogP contribution in [0.2, 0.25) is 0 Å². The first-order valence-electron chi connectivity index (χ1n) is 9.19. The van der Waals surface area contributed by atoms with Crippen LogP contribution in [0.1, 0.15) is 24.5 Å². The molecule has 1 fully saturated rings. The van der Waals surface area contributed by atoms with Crippen molar-refractivity contribution < 1.29 is 19.4 Å². The molecule has 6 nitrogen and oxygen atoms in total. The second kappa shape index (κ2) is 8.77. The standard InChI is InChI=1S/C21H26N2O4/c1-15(3-4-16-7-10-20(26-2)19(24)13-16)22-14-17-5-8-18(9-6-17)23-11-12-27-21(23)25/h5-10,13,15,22,24H,3-4,11-12,14H2,1-2H3/t15-/m0/s1. The molecule has 0 aromatic heterocycles. The van der Waals surface area contributed by atoms with Crippen LogP contribution in [0.15, 0.2) is 42.5 Å².